The molecule has 0 aromatic carbocycles. The Labute approximate surface area is 67.2 Å². The molecule has 0 aliphatic carbocycles. The maximum Gasteiger partial charge on any atom is 0.304 e. The van der Waals surface area contributed by atoms with Gasteiger partial charge < -0.3 is 0 Å². The number of halogens is 1. The molecule has 6 heteroatoms. The van der Waals surface area contributed by atoms with E-state index in [1.54, 1.807) is 0 Å². The number of hydrogen-bond donors (Lipinski definition) is 1. The van der Waals surface area contributed by atoms with Crippen LogP contribution in [-0.4, -0.2) is 13.0 Å². The number of hydrogen-bond acceptors (Lipinski definition) is 3. The van der Waals surface area contributed by atoms with Crippen LogP contribution in [0.2, 0.25) is 0 Å². The Morgan fingerprint density at radius 3 is 2.36 bits per heavy atom. The summed E-state index contributed by atoms with van der Waals surface area (Å²) in [6, 6.07) is 1.06. The maximum atomic E-state index is 12.4. The van der Waals surface area contributed by atoms with Crippen molar-refractivity contribution in [2.45, 2.75) is 11.1 Å². The summed E-state index contributed by atoms with van der Waals surface area (Å²) in [6.45, 7) is 1.42. The first-order valence-corrected chi connectivity index (χ1v) is 4.90. The molecule has 11 heavy (non-hydrogen) atoms. The zero-order valence-corrected chi connectivity index (χ0v) is 7.17. The van der Waals surface area contributed by atoms with Gasteiger partial charge in [0.15, 0.2) is 9.34 Å². The Morgan fingerprint density at radius 1 is 1.64 bits per heavy atom. The van der Waals surface area contributed by atoms with Crippen LogP contribution in [0.1, 0.15) is 5.56 Å². The molecule has 62 valence electrons. The quantitative estimate of drug-likeness (QED) is 0.691. The molecule has 0 unspecified atom stereocenters. The summed E-state index contributed by atoms with van der Waals surface area (Å²) in [5.41, 5.74) is 0.231. The van der Waals surface area contributed by atoms with Gasteiger partial charge in [0.25, 0.3) is 0 Å². The minimum Gasteiger partial charge on any atom is -0.281 e. The largest absolute Gasteiger partial charge is 0.304 e. The maximum absolute atomic E-state index is 12.4. The van der Waals surface area contributed by atoms with Crippen molar-refractivity contribution in [2.75, 3.05) is 0 Å². The van der Waals surface area contributed by atoms with Crippen molar-refractivity contribution >= 4 is 21.5 Å². The number of aryl methyl sites for hydroxylation is 1. The van der Waals surface area contributed by atoms with Crippen LogP contribution in [0.3, 0.4) is 0 Å². The molecule has 1 aromatic rings. The standard InChI is InChI=1S/C5H5FO3S2/c1-3-2-4(6)10-5(3)11(7,8)9/h2H,1H3,(H,7,8,9). The van der Waals surface area contributed by atoms with Crippen molar-refractivity contribution in [3.8, 4) is 0 Å². The van der Waals surface area contributed by atoms with Gasteiger partial charge >= 0.3 is 10.1 Å². The van der Waals surface area contributed by atoms with Gasteiger partial charge in [-0.3, -0.25) is 4.55 Å². The molecule has 0 amide bonds. The Hall–Kier alpha value is -0.460. The van der Waals surface area contributed by atoms with Crippen molar-refractivity contribution in [3.63, 3.8) is 0 Å². The summed E-state index contributed by atoms with van der Waals surface area (Å²) in [4.78, 5) is 0. The monoisotopic (exact) mass is 196 g/mol. The summed E-state index contributed by atoms with van der Waals surface area (Å²) >= 11 is 0.417. The fourth-order valence-electron chi connectivity index (χ4n) is 0.684. The molecule has 0 saturated heterocycles. The van der Waals surface area contributed by atoms with E-state index in [1.165, 1.54) is 6.92 Å². The first-order chi connectivity index (χ1) is 4.91. The first kappa shape index (κ1) is 8.63. The summed E-state index contributed by atoms with van der Waals surface area (Å²) < 4.78 is 41.5. The Morgan fingerprint density at radius 2 is 2.18 bits per heavy atom. The molecule has 0 spiro atoms. The van der Waals surface area contributed by atoms with E-state index in [-0.39, 0.29) is 9.77 Å². The predicted octanol–water partition coefficient (Wildman–Crippen LogP) is 1.44. The zero-order chi connectivity index (χ0) is 8.65. The molecular weight excluding hydrogens is 191 g/mol. The van der Waals surface area contributed by atoms with E-state index in [0.717, 1.165) is 6.07 Å². The average molecular weight is 196 g/mol. The number of thiophene rings is 1. The van der Waals surface area contributed by atoms with E-state index in [4.69, 9.17) is 4.55 Å². The van der Waals surface area contributed by atoms with Crippen LogP contribution in [0.5, 0.6) is 0 Å². The second-order valence-corrected chi connectivity index (χ2v) is 4.62. The zero-order valence-electron chi connectivity index (χ0n) is 5.54. The van der Waals surface area contributed by atoms with Crippen LogP contribution in [0, 0.1) is 12.1 Å². The summed E-state index contributed by atoms with van der Waals surface area (Å²) in [5.74, 6) is 0. The van der Waals surface area contributed by atoms with Crippen molar-refractivity contribution < 1.29 is 17.4 Å². The van der Waals surface area contributed by atoms with Gasteiger partial charge in [-0.15, -0.1) is 0 Å². The Kier molecular flexibility index (Phi) is 2.00. The lowest BCUT2D eigenvalue weighted by Gasteiger charge is -1.90. The minimum atomic E-state index is -4.23. The van der Waals surface area contributed by atoms with Crippen molar-refractivity contribution in [2.24, 2.45) is 0 Å². The summed E-state index contributed by atoms with van der Waals surface area (Å²) in [6.07, 6.45) is 0. The van der Waals surface area contributed by atoms with E-state index in [9.17, 15) is 12.8 Å². The van der Waals surface area contributed by atoms with E-state index in [2.05, 4.69) is 0 Å². The fraction of sp³-hybridized carbons (Fsp3) is 0.200. The van der Waals surface area contributed by atoms with E-state index < -0.39 is 15.2 Å². The number of rotatable bonds is 1. The van der Waals surface area contributed by atoms with E-state index in [0.29, 0.717) is 11.3 Å². The first-order valence-electron chi connectivity index (χ1n) is 2.64. The third-order valence-corrected chi connectivity index (χ3v) is 3.57. The lowest BCUT2D eigenvalue weighted by atomic mass is 10.4. The smallest absolute Gasteiger partial charge is 0.281 e. The van der Waals surface area contributed by atoms with Crippen LogP contribution in [0.4, 0.5) is 4.39 Å². The van der Waals surface area contributed by atoms with E-state index >= 15 is 0 Å². The molecule has 1 rings (SSSR count). The second-order valence-electron chi connectivity index (χ2n) is 2.00. The molecule has 0 bridgehead atoms. The second kappa shape index (κ2) is 2.54. The lowest BCUT2D eigenvalue weighted by Crippen LogP contribution is -1.95. The van der Waals surface area contributed by atoms with Gasteiger partial charge in [0.2, 0.25) is 0 Å². The summed E-state index contributed by atoms with van der Waals surface area (Å²) in [5, 5.41) is -0.616. The highest BCUT2D eigenvalue weighted by Gasteiger charge is 2.16. The Balaban J connectivity index is 3.36. The highest BCUT2D eigenvalue weighted by Crippen LogP contribution is 2.24. The van der Waals surface area contributed by atoms with Crippen molar-refractivity contribution in [3.05, 3.63) is 16.8 Å². The van der Waals surface area contributed by atoms with Gasteiger partial charge in [-0.25, -0.2) is 0 Å². The van der Waals surface area contributed by atoms with Crippen LogP contribution in [-0.2, 0) is 10.1 Å². The molecular formula is C5H5FO3S2. The third-order valence-electron chi connectivity index (χ3n) is 1.08. The van der Waals surface area contributed by atoms with E-state index in [1.807, 2.05) is 0 Å². The SMILES string of the molecule is Cc1cc(F)sc1S(=O)(=O)O. The van der Waals surface area contributed by atoms with Crippen molar-refractivity contribution in [1.29, 1.82) is 0 Å². The minimum absolute atomic E-state index is 0.231. The third kappa shape index (κ3) is 1.76. The van der Waals surface area contributed by atoms with Gasteiger partial charge in [-0.2, -0.15) is 12.8 Å². The lowest BCUT2D eigenvalue weighted by molar-refractivity contribution is 0.485. The van der Waals surface area contributed by atoms with Gasteiger partial charge in [0.1, 0.15) is 0 Å². The van der Waals surface area contributed by atoms with Crippen LogP contribution >= 0.6 is 11.3 Å². The molecule has 1 N–H and O–H groups in total. The molecule has 0 atom stereocenters. The van der Waals surface area contributed by atoms with Crippen molar-refractivity contribution in [1.82, 2.24) is 0 Å². The van der Waals surface area contributed by atoms with Crippen LogP contribution < -0.4 is 0 Å². The summed E-state index contributed by atoms with van der Waals surface area (Å²) in [7, 11) is -4.23. The van der Waals surface area contributed by atoms with Crippen LogP contribution in [0.25, 0.3) is 0 Å². The molecule has 0 aliphatic heterocycles. The average Bonchev–Trinajstić information content (AvgIpc) is 2.08. The Bertz CT molecular complexity index is 365. The molecule has 3 nitrogen and oxygen atoms in total. The normalized spacial score (nSPS) is 11.9. The molecule has 0 fully saturated rings. The highest BCUT2D eigenvalue weighted by atomic mass is 32.3. The molecule has 0 aliphatic rings. The molecule has 1 heterocycles. The molecule has 0 saturated carbocycles. The van der Waals surface area contributed by atoms with Crippen LogP contribution in [0.15, 0.2) is 10.3 Å². The highest BCUT2D eigenvalue weighted by molar-refractivity contribution is 7.88. The fourth-order valence-corrected chi connectivity index (χ4v) is 2.44. The van der Waals surface area contributed by atoms with Gasteiger partial charge in [-0.05, 0) is 18.6 Å². The molecule has 1 aromatic heterocycles. The van der Waals surface area contributed by atoms with Gasteiger partial charge in [-0.1, -0.05) is 11.3 Å². The predicted molar refractivity (Wildman–Crippen MR) is 38.8 cm³/mol. The molecule has 0 radical (unpaired) electrons. The van der Waals surface area contributed by atoms with Gasteiger partial charge in [0, 0.05) is 0 Å². The topological polar surface area (TPSA) is 54.4 Å². The van der Waals surface area contributed by atoms with Gasteiger partial charge in [0.05, 0.1) is 0 Å².